The van der Waals surface area contributed by atoms with Crippen LogP contribution in [0.4, 0.5) is 0 Å². The molecule has 0 aromatic rings. The molecule has 0 N–H and O–H groups in total. The fourth-order valence-corrected chi connectivity index (χ4v) is 7.63. The predicted octanol–water partition coefficient (Wildman–Crippen LogP) is 18.8. The smallest absolute Gasteiger partial charge is 0.306 e. The van der Waals surface area contributed by atoms with Gasteiger partial charge in [0.1, 0.15) is 13.2 Å². The van der Waals surface area contributed by atoms with Crippen molar-refractivity contribution in [3.8, 4) is 0 Å². The second-order valence-electron chi connectivity index (χ2n) is 18.5. The van der Waals surface area contributed by atoms with Crippen LogP contribution in [0.2, 0.25) is 0 Å². The number of hydrogen-bond donors (Lipinski definition) is 0. The number of allylic oxidation sites excluding steroid dienone is 14. The molecule has 0 radical (unpaired) electrons. The Balaban J connectivity index is 4.36. The molecule has 1 unspecified atom stereocenters. The van der Waals surface area contributed by atoms with E-state index >= 15 is 0 Å². The van der Waals surface area contributed by atoms with Gasteiger partial charge in [0.2, 0.25) is 0 Å². The molecule has 384 valence electrons. The second kappa shape index (κ2) is 55.2. The number of unbranched alkanes of at least 4 members (excludes halogenated alkanes) is 25. The number of ether oxygens (including phenoxy) is 3. The molecule has 0 aromatic heterocycles. The molecule has 0 spiro atoms. The zero-order valence-corrected chi connectivity index (χ0v) is 43.9. The summed E-state index contributed by atoms with van der Waals surface area (Å²) in [6.07, 6.45) is 71.4. The maximum atomic E-state index is 12.8. The molecule has 0 fully saturated rings. The van der Waals surface area contributed by atoms with Gasteiger partial charge in [-0.2, -0.15) is 0 Å². The fourth-order valence-electron chi connectivity index (χ4n) is 7.63. The van der Waals surface area contributed by atoms with Crippen molar-refractivity contribution in [3.05, 3.63) is 85.1 Å². The van der Waals surface area contributed by atoms with Crippen LogP contribution in [0, 0.1) is 0 Å². The van der Waals surface area contributed by atoms with Crippen LogP contribution >= 0.6 is 0 Å². The van der Waals surface area contributed by atoms with Gasteiger partial charge in [0, 0.05) is 19.3 Å². The van der Waals surface area contributed by atoms with Gasteiger partial charge in [0.05, 0.1) is 0 Å². The summed E-state index contributed by atoms with van der Waals surface area (Å²) >= 11 is 0. The molecular weight excluding hydrogens is 829 g/mol. The van der Waals surface area contributed by atoms with Crippen LogP contribution in [-0.4, -0.2) is 37.2 Å². The molecule has 0 aliphatic carbocycles. The molecule has 1 atom stereocenters. The summed E-state index contributed by atoms with van der Waals surface area (Å²) in [5.41, 5.74) is 0. The van der Waals surface area contributed by atoms with E-state index < -0.39 is 6.10 Å². The van der Waals surface area contributed by atoms with Crippen molar-refractivity contribution in [1.29, 1.82) is 0 Å². The molecule has 0 amide bonds. The van der Waals surface area contributed by atoms with E-state index in [2.05, 4.69) is 106 Å². The van der Waals surface area contributed by atoms with Gasteiger partial charge in [0.15, 0.2) is 6.10 Å². The first kappa shape index (κ1) is 63.6. The van der Waals surface area contributed by atoms with Gasteiger partial charge in [-0.05, 0) is 116 Å². The van der Waals surface area contributed by atoms with Gasteiger partial charge in [-0.1, -0.05) is 215 Å². The zero-order valence-electron chi connectivity index (χ0n) is 43.9. The van der Waals surface area contributed by atoms with Gasteiger partial charge in [-0.3, -0.25) is 14.4 Å². The van der Waals surface area contributed by atoms with Crippen LogP contribution < -0.4 is 0 Å². The van der Waals surface area contributed by atoms with Crippen molar-refractivity contribution >= 4 is 17.9 Å². The summed E-state index contributed by atoms with van der Waals surface area (Å²) in [5, 5.41) is 0. The van der Waals surface area contributed by atoms with E-state index in [4.69, 9.17) is 14.2 Å². The molecule has 0 saturated carbocycles. The van der Waals surface area contributed by atoms with Crippen LogP contribution in [0.3, 0.4) is 0 Å². The van der Waals surface area contributed by atoms with Gasteiger partial charge < -0.3 is 14.2 Å². The Morgan fingerprint density at radius 1 is 0.313 bits per heavy atom. The maximum absolute atomic E-state index is 12.8. The SMILES string of the molecule is CC/C=C\C/C=C\C/C=C\C/C=C\C/C=C\CCCCCCCCCC(=O)OCC(COC(=O)CCCCCCC/C=C\CCCCCC)OC(=O)CCCCCCC/C=C\CCCCCC. The summed E-state index contributed by atoms with van der Waals surface area (Å²) in [5.74, 6) is -0.913. The quantitative estimate of drug-likeness (QED) is 0.0262. The monoisotopic (exact) mass is 933 g/mol. The van der Waals surface area contributed by atoms with Crippen LogP contribution in [0.15, 0.2) is 85.1 Å². The highest BCUT2D eigenvalue weighted by Crippen LogP contribution is 2.14. The van der Waals surface area contributed by atoms with Gasteiger partial charge >= 0.3 is 17.9 Å². The Morgan fingerprint density at radius 3 is 0.925 bits per heavy atom. The fraction of sp³-hybridized carbons (Fsp3) is 0.721. The van der Waals surface area contributed by atoms with E-state index in [0.29, 0.717) is 19.3 Å². The second-order valence-corrected chi connectivity index (χ2v) is 18.5. The maximum Gasteiger partial charge on any atom is 0.306 e. The summed E-state index contributed by atoms with van der Waals surface area (Å²) in [6, 6.07) is 0. The van der Waals surface area contributed by atoms with E-state index in [-0.39, 0.29) is 31.1 Å². The highest BCUT2D eigenvalue weighted by Gasteiger charge is 2.19. The van der Waals surface area contributed by atoms with Crippen LogP contribution in [0.1, 0.15) is 265 Å². The van der Waals surface area contributed by atoms with Crippen LogP contribution in [0.25, 0.3) is 0 Å². The molecule has 0 aliphatic heterocycles. The normalized spacial score (nSPS) is 12.7. The highest BCUT2D eigenvalue weighted by molar-refractivity contribution is 5.71. The molecule has 0 rings (SSSR count). The predicted molar refractivity (Wildman–Crippen MR) is 288 cm³/mol. The molecule has 67 heavy (non-hydrogen) atoms. The summed E-state index contributed by atoms with van der Waals surface area (Å²) < 4.78 is 16.8. The van der Waals surface area contributed by atoms with Crippen LogP contribution in [0.5, 0.6) is 0 Å². The largest absolute Gasteiger partial charge is 0.462 e. The number of carbonyl (C=O) groups is 3. The Hall–Kier alpha value is -3.41. The molecule has 6 nitrogen and oxygen atoms in total. The van der Waals surface area contributed by atoms with Crippen molar-refractivity contribution in [2.24, 2.45) is 0 Å². The van der Waals surface area contributed by atoms with E-state index in [1.165, 1.54) is 109 Å². The third-order valence-corrected chi connectivity index (χ3v) is 11.9. The van der Waals surface area contributed by atoms with Gasteiger partial charge in [0.25, 0.3) is 0 Å². The van der Waals surface area contributed by atoms with E-state index in [0.717, 1.165) is 116 Å². The Kier molecular flexibility index (Phi) is 52.4. The summed E-state index contributed by atoms with van der Waals surface area (Å²) in [4.78, 5) is 38.1. The minimum atomic E-state index is -0.788. The Bertz CT molecular complexity index is 1300. The van der Waals surface area contributed by atoms with Crippen molar-refractivity contribution in [1.82, 2.24) is 0 Å². The van der Waals surface area contributed by atoms with E-state index in [1.54, 1.807) is 0 Å². The van der Waals surface area contributed by atoms with Crippen LogP contribution in [-0.2, 0) is 28.6 Å². The lowest BCUT2D eigenvalue weighted by Gasteiger charge is -2.18. The third-order valence-electron chi connectivity index (χ3n) is 11.9. The lowest BCUT2D eigenvalue weighted by Crippen LogP contribution is -2.30. The average molecular weight is 933 g/mol. The zero-order chi connectivity index (χ0) is 48.6. The molecular formula is C61H104O6. The molecule has 0 saturated heterocycles. The summed E-state index contributed by atoms with van der Waals surface area (Å²) in [6.45, 7) is 6.48. The third kappa shape index (κ3) is 53.4. The van der Waals surface area contributed by atoms with E-state index in [1.807, 2.05) is 0 Å². The van der Waals surface area contributed by atoms with Crippen molar-refractivity contribution in [2.75, 3.05) is 13.2 Å². The van der Waals surface area contributed by atoms with Crippen molar-refractivity contribution < 1.29 is 28.6 Å². The number of esters is 3. The number of carbonyl (C=O) groups excluding carboxylic acids is 3. The molecule has 0 bridgehead atoms. The number of hydrogen-bond acceptors (Lipinski definition) is 6. The van der Waals surface area contributed by atoms with E-state index in [9.17, 15) is 14.4 Å². The first-order valence-electron chi connectivity index (χ1n) is 28.1. The first-order valence-corrected chi connectivity index (χ1v) is 28.1. The Labute approximate surface area is 414 Å². The highest BCUT2D eigenvalue weighted by atomic mass is 16.6. The van der Waals surface area contributed by atoms with Crippen molar-refractivity contribution in [3.63, 3.8) is 0 Å². The molecule has 0 aromatic carbocycles. The molecule has 0 heterocycles. The topological polar surface area (TPSA) is 78.9 Å². The average Bonchev–Trinajstić information content (AvgIpc) is 3.33. The van der Waals surface area contributed by atoms with Gasteiger partial charge in [-0.15, -0.1) is 0 Å². The minimum absolute atomic E-state index is 0.0875. The lowest BCUT2D eigenvalue weighted by molar-refractivity contribution is -0.167. The van der Waals surface area contributed by atoms with Crippen molar-refractivity contribution in [2.45, 2.75) is 271 Å². The lowest BCUT2D eigenvalue weighted by atomic mass is 10.1. The standard InChI is InChI=1S/C61H104O6/c1-4-7-10-13-16-19-22-25-26-27-28-29-30-31-32-33-34-37-39-42-45-48-51-54-60(63)66-57-58(67-61(64)55-52-49-46-43-40-36-24-21-18-15-12-9-6-3)56-65-59(62)53-50-47-44-41-38-35-23-20-17-14-11-8-5-2/h7,10,16,19-21,23-26,28-29,31-32,58H,4-6,8-9,11-15,17-18,22,27,30,33-57H2,1-3H3/b10-7-,19-16-,23-20-,24-21-,26-25-,29-28-,32-31-. The molecule has 6 heteroatoms. The first-order chi connectivity index (χ1) is 33.0. The minimum Gasteiger partial charge on any atom is -0.462 e. The number of rotatable bonds is 50. The van der Waals surface area contributed by atoms with Gasteiger partial charge in [-0.25, -0.2) is 0 Å². The molecule has 0 aliphatic rings. The Morgan fingerprint density at radius 2 is 0.582 bits per heavy atom. The summed E-state index contributed by atoms with van der Waals surface area (Å²) in [7, 11) is 0.